The average molecular weight is 369 g/mol. The van der Waals surface area contributed by atoms with E-state index in [9.17, 15) is 0 Å². The van der Waals surface area contributed by atoms with E-state index in [4.69, 9.17) is 0 Å². The minimum Gasteiger partial charge on any atom is -0.346 e. The Morgan fingerprint density at radius 2 is 2.04 bits per heavy atom. The van der Waals surface area contributed by atoms with Crippen molar-refractivity contribution >= 4 is 16.5 Å². The van der Waals surface area contributed by atoms with Crippen molar-refractivity contribution in [3.8, 4) is 0 Å². The van der Waals surface area contributed by atoms with E-state index in [2.05, 4.69) is 61.8 Å². The lowest BCUT2D eigenvalue weighted by atomic mass is 9.97. The summed E-state index contributed by atoms with van der Waals surface area (Å²) in [5.41, 5.74) is 1.25. The summed E-state index contributed by atoms with van der Waals surface area (Å²) in [7, 11) is 0. The molecule has 0 saturated carbocycles. The monoisotopic (exact) mass is 368 g/mol. The molecule has 6 nitrogen and oxygen atoms in total. The van der Waals surface area contributed by atoms with Gasteiger partial charge in [0.15, 0.2) is 0 Å². The zero-order valence-electron chi connectivity index (χ0n) is 15.2. The van der Waals surface area contributed by atoms with Crippen LogP contribution in [-0.2, 0) is 6.54 Å². The van der Waals surface area contributed by atoms with Crippen molar-refractivity contribution in [2.45, 2.75) is 45.1 Å². The van der Waals surface area contributed by atoms with Gasteiger partial charge in [0.05, 0.1) is 0 Å². The molecule has 1 fully saturated rings. The molecule has 1 aliphatic rings. The maximum Gasteiger partial charge on any atom is 0.208 e. The Labute approximate surface area is 157 Å². The highest BCUT2D eigenvalue weighted by molar-refractivity contribution is 7.15. The highest BCUT2D eigenvalue weighted by Crippen LogP contribution is 2.32. The van der Waals surface area contributed by atoms with Gasteiger partial charge in [-0.3, -0.25) is 4.98 Å². The molecule has 3 aromatic rings. The molecule has 136 valence electrons. The van der Waals surface area contributed by atoms with E-state index < -0.39 is 0 Å². The second-order valence-corrected chi connectivity index (χ2v) is 8.12. The van der Waals surface area contributed by atoms with Gasteiger partial charge in [-0.2, -0.15) is 0 Å². The number of hydrogen-bond donors (Lipinski definition) is 0. The van der Waals surface area contributed by atoms with Crippen LogP contribution in [0, 0.1) is 0 Å². The summed E-state index contributed by atoms with van der Waals surface area (Å²) in [6, 6.07) is 4.12. The lowest BCUT2D eigenvalue weighted by Gasteiger charge is -2.32. The summed E-state index contributed by atoms with van der Waals surface area (Å²) in [5.74, 6) is 2.02. The SMILES string of the molecule is CC(C)c1nnc(N2CCC[C@H](c3nccn3Cc3ccncc3)C2)s1. The highest BCUT2D eigenvalue weighted by atomic mass is 32.1. The molecule has 0 N–H and O–H groups in total. The zero-order chi connectivity index (χ0) is 17.9. The Morgan fingerprint density at radius 3 is 2.81 bits per heavy atom. The van der Waals surface area contributed by atoms with Crippen molar-refractivity contribution in [1.82, 2.24) is 24.7 Å². The quantitative estimate of drug-likeness (QED) is 0.687. The molecule has 0 aromatic carbocycles. The smallest absolute Gasteiger partial charge is 0.208 e. The molecule has 0 aliphatic carbocycles. The van der Waals surface area contributed by atoms with E-state index in [1.54, 1.807) is 11.3 Å². The van der Waals surface area contributed by atoms with Gasteiger partial charge in [-0.15, -0.1) is 10.2 Å². The average Bonchev–Trinajstić information content (AvgIpc) is 3.32. The molecule has 0 spiro atoms. The Morgan fingerprint density at radius 1 is 1.19 bits per heavy atom. The first-order valence-electron chi connectivity index (χ1n) is 9.19. The van der Waals surface area contributed by atoms with Crippen LogP contribution >= 0.6 is 11.3 Å². The summed E-state index contributed by atoms with van der Waals surface area (Å²) < 4.78 is 2.27. The number of imidazole rings is 1. The van der Waals surface area contributed by atoms with Crippen LogP contribution in [0.2, 0.25) is 0 Å². The molecule has 7 heteroatoms. The Balaban J connectivity index is 1.50. The lowest BCUT2D eigenvalue weighted by molar-refractivity contribution is 0.475. The predicted octanol–water partition coefficient (Wildman–Crippen LogP) is 3.69. The summed E-state index contributed by atoms with van der Waals surface area (Å²) in [4.78, 5) is 11.2. The van der Waals surface area contributed by atoms with Crippen LogP contribution in [0.5, 0.6) is 0 Å². The molecular formula is C19H24N6S. The Bertz CT molecular complexity index is 841. The first kappa shape index (κ1) is 17.1. The van der Waals surface area contributed by atoms with E-state index >= 15 is 0 Å². The highest BCUT2D eigenvalue weighted by Gasteiger charge is 2.27. The third kappa shape index (κ3) is 3.62. The van der Waals surface area contributed by atoms with Crippen LogP contribution in [0.15, 0.2) is 36.9 Å². The van der Waals surface area contributed by atoms with Crippen LogP contribution in [0.25, 0.3) is 0 Å². The second kappa shape index (κ2) is 7.53. The molecule has 4 rings (SSSR count). The number of hydrogen-bond acceptors (Lipinski definition) is 6. The van der Waals surface area contributed by atoms with Gasteiger partial charge in [-0.1, -0.05) is 25.2 Å². The molecule has 1 saturated heterocycles. The number of piperidine rings is 1. The predicted molar refractivity (Wildman–Crippen MR) is 104 cm³/mol. The van der Waals surface area contributed by atoms with Crippen molar-refractivity contribution < 1.29 is 0 Å². The number of pyridine rings is 1. The molecule has 3 aromatic heterocycles. The van der Waals surface area contributed by atoms with Gasteiger partial charge in [0.2, 0.25) is 5.13 Å². The molecule has 0 bridgehead atoms. The van der Waals surface area contributed by atoms with Crippen LogP contribution in [-0.4, -0.2) is 37.8 Å². The van der Waals surface area contributed by atoms with E-state index in [0.717, 1.165) is 36.2 Å². The van der Waals surface area contributed by atoms with Gasteiger partial charge in [0.25, 0.3) is 0 Å². The van der Waals surface area contributed by atoms with Crippen LogP contribution in [0.4, 0.5) is 5.13 Å². The van der Waals surface area contributed by atoms with Gasteiger partial charge in [-0.05, 0) is 30.5 Å². The van der Waals surface area contributed by atoms with Crippen molar-refractivity contribution in [2.24, 2.45) is 0 Å². The summed E-state index contributed by atoms with van der Waals surface area (Å²) in [6.07, 6.45) is 10.0. The largest absolute Gasteiger partial charge is 0.346 e. The number of aromatic nitrogens is 5. The van der Waals surface area contributed by atoms with Gasteiger partial charge < -0.3 is 9.47 Å². The van der Waals surface area contributed by atoms with Crippen molar-refractivity contribution in [1.29, 1.82) is 0 Å². The van der Waals surface area contributed by atoms with Crippen LogP contribution in [0.3, 0.4) is 0 Å². The number of rotatable bonds is 5. The first-order chi connectivity index (χ1) is 12.7. The minimum atomic E-state index is 0.423. The standard InChI is InChI=1S/C19H24N6S/c1-14(2)18-22-23-19(26-18)25-10-3-4-16(13-25)17-21-9-11-24(17)12-15-5-7-20-8-6-15/h5-9,11,14,16H,3-4,10,12-13H2,1-2H3/t16-/m0/s1. The van der Waals surface area contributed by atoms with E-state index in [1.165, 1.54) is 17.8 Å². The third-order valence-corrected chi connectivity index (χ3v) is 6.12. The molecule has 4 heterocycles. The molecule has 1 atom stereocenters. The van der Waals surface area contributed by atoms with Gasteiger partial charge >= 0.3 is 0 Å². The molecule has 0 unspecified atom stereocenters. The van der Waals surface area contributed by atoms with E-state index in [1.807, 2.05) is 18.6 Å². The fourth-order valence-corrected chi connectivity index (χ4v) is 4.33. The zero-order valence-corrected chi connectivity index (χ0v) is 16.1. The topological polar surface area (TPSA) is 59.7 Å². The summed E-state index contributed by atoms with van der Waals surface area (Å²) in [6.45, 7) is 7.18. The Kier molecular flexibility index (Phi) is 4.97. The summed E-state index contributed by atoms with van der Waals surface area (Å²) >= 11 is 1.72. The van der Waals surface area contributed by atoms with E-state index in [0.29, 0.717) is 11.8 Å². The molecule has 0 amide bonds. The van der Waals surface area contributed by atoms with Crippen molar-refractivity contribution in [3.05, 3.63) is 53.3 Å². The number of nitrogens with zero attached hydrogens (tertiary/aromatic N) is 6. The minimum absolute atomic E-state index is 0.423. The van der Waals surface area contributed by atoms with Crippen molar-refractivity contribution in [2.75, 3.05) is 18.0 Å². The fraction of sp³-hybridized carbons (Fsp3) is 0.474. The van der Waals surface area contributed by atoms with Gasteiger partial charge in [0, 0.05) is 56.3 Å². The Hall–Kier alpha value is -2.28. The molecule has 26 heavy (non-hydrogen) atoms. The molecule has 0 radical (unpaired) electrons. The van der Waals surface area contributed by atoms with Gasteiger partial charge in [0.1, 0.15) is 10.8 Å². The number of anilines is 1. The van der Waals surface area contributed by atoms with Crippen LogP contribution in [0.1, 0.15) is 54.9 Å². The van der Waals surface area contributed by atoms with Crippen LogP contribution < -0.4 is 4.90 Å². The van der Waals surface area contributed by atoms with Gasteiger partial charge in [-0.25, -0.2) is 4.98 Å². The normalized spacial score (nSPS) is 17.8. The fourth-order valence-electron chi connectivity index (χ4n) is 3.45. The maximum absolute atomic E-state index is 4.69. The molecule has 1 aliphatic heterocycles. The first-order valence-corrected chi connectivity index (χ1v) is 10.0. The molecular weight excluding hydrogens is 344 g/mol. The van der Waals surface area contributed by atoms with Crippen molar-refractivity contribution in [3.63, 3.8) is 0 Å². The lowest BCUT2D eigenvalue weighted by Crippen LogP contribution is -2.35. The maximum atomic E-state index is 4.69. The summed E-state index contributed by atoms with van der Waals surface area (Å²) in [5, 5.41) is 10.9. The second-order valence-electron chi connectivity index (χ2n) is 7.13. The third-order valence-electron chi connectivity index (χ3n) is 4.83. The van der Waals surface area contributed by atoms with E-state index in [-0.39, 0.29) is 0 Å².